The molecule has 0 radical (unpaired) electrons. The predicted molar refractivity (Wildman–Crippen MR) is 97.9 cm³/mol. The minimum atomic E-state index is -1.03. The number of pyridine rings is 1. The van der Waals surface area contributed by atoms with Crippen molar-refractivity contribution < 1.29 is 18.7 Å². The van der Waals surface area contributed by atoms with Crippen molar-refractivity contribution in [3.8, 4) is 0 Å². The van der Waals surface area contributed by atoms with Gasteiger partial charge in [-0.15, -0.1) is 0 Å². The molecule has 1 aromatic heterocycles. The van der Waals surface area contributed by atoms with E-state index in [0.29, 0.717) is 24.7 Å². The number of aromatic nitrogens is 1. The van der Waals surface area contributed by atoms with Crippen LogP contribution in [0.5, 0.6) is 0 Å². The normalized spacial score (nSPS) is 20.4. The maximum Gasteiger partial charge on any atom is 0.354 e. The van der Waals surface area contributed by atoms with Gasteiger partial charge in [0.15, 0.2) is 0 Å². The summed E-state index contributed by atoms with van der Waals surface area (Å²) in [5.41, 5.74) is 2.54. The summed E-state index contributed by atoms with van der Waals surface area (Å²) in [7, 11) is 0. The second-order valence-electron chi connectivity index (χ2n) is 7.59. The van der Waals surface area contributed by atoms with E-state index >= 15 is 0 Å². The number of hydrogen-bond acceptors (Lipinski definition) is 3. The van der Waals surface area contributed by atoms with Crippen LogP contribution in [-0.2, 0) is 6.54 Å². The number of rotatable bonds is 3. The fraction of sp³-hybridized carbons (Fsp3) is 0.429. The van der Waals surface area contributed by atoms with E-state index in [-0.39, 0.29) is 11.6 Å². The third-order valence-electron chi connectivity index (χ3n) is 5.85. The first-order chi connectivity index (χ1) is 13.0. The molecule has 1 unspecified atom stereocenters. The van der Waals surface area contributed by atoms with Crippen molar-refractivity contribution in [2.45, 2.75) is 44.6 Å². The third kappa shape index (κ3) is 3.66. The Morgan fingerprint density at radius 1 is 1.07 bits per heavy atom. The van der Waals surface area contributed by atoms with Crippen LogP contribution in [0.15, 0.2) is 30.5 Å². The molecule has 1 aliphatic carbocycles. The fourth-order valence-electron chi connectivity index (χ4n) is 4.56. The van der Waals surface area contributed by atoms with Gasteiger partial charge in [0.05, 0.1) is 0 Å². The zero-order chi connectivity index (χ0) is 19.0. The van der Waals surface area contributed by atoms with E-state index in [0.717, 1.165) is 30.0 Å². The van der Waals surface area contributed by atoms with Crippen LogP contribution < -0.4 is 4.90 Å². The van der Waals surface area contributed by atoms with Gasteiger partial charge in [0.25, 0.3) is 0 Å². The second kappa shape index (κ2) is 7.25. The lowest BCUT2D eigenvalue weighted by Gasteiger charge is -2.41. The molecule has 1 aliphatic heterocycles. The standard InChI is InChI=1S/C21H22F2N2O2/c22-15-6-16(23)8-17(7-15)25-11-14-10-24-20(21(26)27)9-18(14)19(12-25)13-4-2-1-3-5-13/h6-10,13,19H,1-5,11-12H2,(H,26,27). The smallest absolute Gasteiger partial charge is 0.354 e. The topological polar surface area (TPSA) is 53.4 Å². The second-order valence-corrected chi connectivity index (χ2v) is 7.59. The van der Waals surface area contributed by atoms with Crippen molar-refractivity contribution in [3.63, 3.8) is 0 Å². The summed E-state index contributed by atoms with van der Waals surface area (Å²) in [6.45, 7) is 1.10. The molecule has 1 saturated carbocycles. The number of hydrogen-bond donors (Lipinski definition) is 1. The first-order valence-electron chi connectivity index (χ1n) is 9.44. The minimum absolute atomic E-state index is 0.0554. The Labute approximate surface area is 156 Å². The van der Waals surface area contributed by atoms with E-state index in [1.165, 1.54) is 31.4 Å². The Bertz CT molecular complexity index is 845. The molecule has 0 bridgehead atoms. The summed E-state index contributed by atoms with van der Waals surface area (Å²) in [4.78, 5) is 17.4. The quantitative estimate of drug-likeness (QED) is 0.845. The molecule has 2 aliphatic rings. The Kier molecular flexibility index (Phi) is 4.81. The average molecular weight is 372 g/mol. The summed E-state index contributed by atoms with van der Waals surface area (Å²) in [5.74, 6) is -1.63. The van der Waals surface area contributed by atoms with Crippen LogP contribution in [0.1, 0.15) is 59.6 Å². The Balaban J connectivity index is 1.73. The van der Waals surface area contributed by atoms with Gasteiger partial charge in [0.2, 0.25) is 0 Å². The first kappa shape index (κ1) is 17.9. The maximum absolute atomic E-state index is 13.7. The fourth-order valence-corrected chi connectivity index (χ4v) is 4.56. The van der Waals surface area contributed by atoms with Crippen LogP contribution in [-0.4, -0.2) is 22.6 Å². The molecule has 2 heterocycles. The molecular weight excluding hydrogens is 350 g/mol. The molecule has 142 valence electrons. The molecule has 27 heavy (non-hydrogen) atoms. The largest absolute Gasteiger partial charge is 0.477 e. The molecule has 0 spiro atoms. The average Bonchev–Trinajstić information content (AvgIpc) is 2.66. The van der Waals surface area contributed by atoms with Crippen molar-refractivity contribution in [3.05, 3.63) is 58.9 Å². The van der Waals surface area contributed by atoms with E-state index in [2.05, 4.69) is 4.98 Å². The van der Waals surface area contributed by atoms with Crippen molar-refractivity contribution in [2.24, 2.45) is 5.92 Å². The maximum atomic E-state index is 13.7. The molecule has 1 atom stereocenters. The number of aromatic carboxylic acids is 1. The van der Waals surface area contributed by atoms with Crippen LogP contribution in [0, 0.1) is 17.6 Å². The molecule has 4 rings (SSSR count). The van der Waals surface area contributed by atoms with Crippen molar-refractivity contribution in [2.75, 3.05) is 11.4 Å². The van der Waals surface area contributed by atoms with Crippen molar-refractivity contribution >= 4 is 11.7 Å². The number of fused-ring (bicyclic) bond motifs is 1. The van der Waals surface area contributed by atoms with E-state index in [4.69, 9.17) is 0 Å². The highest BCUT2D eigenvalue weighted by Gasteiger charge is 2.33. The van der Waals surface area contributed by atoms with Crippen LogP contribution >= 0.6 is 0 Å². The van der Waals surface area contributed by atoms with E-state index < -0.39 is 17.6 Å². The number of anilines is 1. The Morgan fingerprint density at radius 3 is 2.44 bits per heavy atom. The Morgan fingerprint density at radius 2 is 1.78 bits per heavy atom. The minimum Gasteiger partial charge on any atom is -0.477 e. The molecule has 1 aromatic carbocycles. The summed E-state index contributed by atoms with van der Waals surface area (Å²) in [6, 6.07) is 5.28. The first-order valence-corrected chi connectivity index (χ1v) is 9.44. The number of benzene rings is 1. The number of carboxylic acids is 1. The van der Waals surface area contributed by atoms with Crippen LogP contribution in [0.4, 0.5) is 14.5 Å². The Hall–Kier alpha value is -2.50. The highest BCUT2D eigenvalue weighted by Crippen LogP contribution is 2.42. The summed E-state index contributed by atoms with van der Waals surface area (Å²) in [6.07, 6.45) is 7.37. The van der Waals surface area contributed by atoms with Crippen LogP contribution in [0.2, 0.25) is 0 Å². The summed E-state index contributed by atoms with van der Waals surface area (Å²) >= 11 is 0. The number of halogens is 2. The van der Waals surface area contributed by atoms with E-state index in [1.54, 1.807) is 12.3 Å². The number of carboxylic acid groups (broad SMARTS) is 1. The van der Waals surface area contributed by atoms with Gasteiger partial charge in [-0.1, -0.05) is 19.3 Å². The molecule has 1 fully saturated rings. The van der Waals surface area contributed by atoms with Gasteiger partial charge in [0, 0.05) is 37.0 Å². The molecule has 0 amide bonds. The molecule has 0 saturated heterocycles. The lowest BCUT2D eigenvalue weighted by Crippen LogP contribution is -2.37. The monoisotopic (exact) mass is 372 g/mol. The van der Waals surface area contributed by atoms with Gasteiger partial charge >= 0.3 is 5.97 Å². The molecule has 6 heteroatoms. The SMILES string of the molecule is O=C(O)c1cc2c(cn1)CN(c1cc(F)cc(F)c1)CC2C1CCCCC1. The highest BCUT2D eigenvalue weighted by atomic mass is 19.1. The molecule has 2 aromatic rings. The third-order valence-corrected chi connectivity index (χ3v) is 5.85. The van der Waals surface area contributed by atoms with Gasteiger partial charge in [-0.25, -0.2) is 18.6 Å². The molecule has 1 N–H and O–H groups in total. The summed E-state index contributed by atoms with van der Waals surface area (Å²) in [5, 5.41) is 9.32. The highest BCUT2D eigenvalue weighted by molar-refractivity contribution is 5.85. The van der Waals surface area contributed by atoms with Gasteiger partial charge in [0.1, 0.15) is 17.3 Å². The van der Waals surface area contributed by atoms with Gasteiger partial charge < -0.3 is 10.0 Å². The summed E-state index contributed by atoms with van der Waals surface area (Å²) < 4.78 is 27.5. The van der Waals surface area contributed by atoms with Crippen molar-refractivity contribution in [1.29, 1.82) is 0 Å². The van der Waals surface area contributed by atoms with E-state index in [1.807, 2.05) is 4.90 Å². The molecular formula is C21H22F2N2O2. The zero-order valence-electron chi connectivity index (χ0n) is 15.0. The number of nitrogens with zero attached hydrogens (tertiary/aromatic N) is 2. The van der Waals surface area contributed by atoms with Crippen LogP contribution in [0.3, 0.4) is 0 Å². The van der Waals surface area contributed by atoms with Gasteiger partial charge in [-0.05, 0) is 48.1 Å². The molecule has 4 nitrogen and oxygen atoms in total. The zero-order valence-corrected chi connectivity index (χ0v) is 15.0. The number of carbonyl (C=O) groups is 1. The van der Waals surface area contributed by atoms with Crippen molar-refractivity contribution in [1.82, 2.24) is 4.98 Å². The van der Waals surface area contributed by atoms with Crippen LogP contribution in [0.25, 0.3) is 0 Å². The van der Waals surface area contributed by atoms with Gasteiger partial charge in [-0.2, -0.15) is 0 Å². The van der Waals surface area contributed by atoms with Gasteiger partial charge in [-0.3, -0.25) is 0 Å². The predicted octanol–water partition coefficient (Wildman–Crippen LogP) is 4.74. The lowest BCUT2D eigenvalue weighted by atomic mass is 9.74. The lowest BCUT2D eigenvalue weighted by molar-refractivity contribution is 0.0690. The van der Waals surface area contributed by atoms with E-state index in [9.17, 15) is 18.7 Å².